The number of anilines is 1. The van der Waals surface area contributed by atoms with Gasteiger partial charge in [-0.2, -0.15) is 0 Å². The van der Waals surface area contributed by atoms with Crippen molar-refractivity contribution in [3.05, 3.63) is 47.6 Å². The van der Waals surface area contributed by atoms with Crippen LogP contribution in [0, 0.1) is 11.8 Å². The highest BCUT2D eigenvalue weighted by Gasteiger charge is 2.37. The first-order chi connectivity index (χ1) is 13.7. The zero-order chi connectivity index (χ0) is 19.1. The van der Waals surface area contributed by atoms with E-state index in [0.717, 1.165) is 29.5 Å². The number of aromatic nitrogens is 2. The van der Waals surface area contributed by atoms with Gasteiger partial charge >= 0.3 is 0 Å². The molecule has 0 saturated heterocycles. The first-order valence-electron chi connectivity index (χ1n) is 9.48. The third kappa shape index (κ3) is 3.38. The number of carbonyl (C=O) groups excluding carboxylic acids is 2. The molecule has 142 valence electrons. The Balaban J connectivity index is 1.16. The average Bonchev–Trinajstić information content (AvgIpc) is 3.43. The predicted octanol–water partition coefficient (Wildman–Crippen LogP) is 4.08. The van der Waals surface area contributed by atoms with E-state index in [0.29, 0.717) is 23.7 Å². The number of Topliss-reactive ketones (excluding diaryl/α,β-unsaturated/α-hetero) is 1. The third-order valence-electron chi connectivity index (χ3n) is 5.29. The number of amides is 1. The van der Waals surface area contributed by atoms with Gasteiger partial charge in [0.25, 0.3) is 0 Å². The second-order valence-electron chi connectivity index (χ2n) is 7.41. The molecule has 7 heteroatoms. The summed E-state index contributed by atoms with van der Waals surface area (Å²) >= 11 is 1.30. The molecule has 2 fully saturated rings. The van der Waals surface area contributed by atoms with Gasteiger partial charge in [0.05, 0.1) is 0 Å². The van der Waals surface area contributed by atoms with Gasteiger partial charge in [-0.05, 0) is 37.8 Å². The molecule has 2 aliphatic carbocycles. The van der Waals surface area contributed by atoms with Gasteiger partial charge in [-0.1, -0.05) is 18.2 Å². The van der Waals surface area contributed by atoms with Crippen molar-refractivity contribution >= 4 is 39.1 Å². The molecule has 2 aliphatic rings. The largest absolute Gasteiger partial charge is 0.488 e. The van der Waals surface area contributed by atoms with E-state index in [9.17, 15) is 9.59 Å². The van der Waals surface area contributed by atoms with Crippen LogP contribution in [0.25, 0.3) is 10.9 Å². The Hall–Kier alpha value is -2.80. The van der Waals surface area contributed by atoms with Crippen LogP contribution in [0.1, 0.15) is 36.2 Å². The van der Waals surface area contributed by atoms with Crippen LogP contribution in [-0.4, -0.2) is 27.8 Å². The van der Waals surface area contributed by atoms with Crippen LogP contribution in [0.4, 0.5) is 5.13 Å². The van der Waals surface area contributed by atoms with E-state index >= 15 is 0 Å². The Kier molecular flexibility index (Phi) is 4.31. The number of fused-ring (bicyclic) bond motifs is 1. The lowest BCUT2D eigenvalue weighted by Crippen LogP contribution is -2.40. The fourth-order valence-corrected chi connectivity index (χ4v) is 4.14. The van der Waals surface area contributed by atoms with Gasteiger partial charge in [0.15, 0.2) is 10.9 Å². The summed E-state index contributed by atoms with van der Waals surface area (Å²) in [6.07, 6.45) is 4.98. The van der Waals surface area contributed by atoms with Crippen molar-refractivity contribution in [2.75, 3.05) is 5.32 Å². The van der Waals surface area contributed by atoms with Crippen molar-refractivity contribution in [3.63, 3.8) is 0 Å². The average molecular weight is 393 g/mol. The number of benzene rings is 1. The fourth-order valence-electron chi connectivity index (χ4n) is 3.43. The molecular weight excluding hydrogens is 374 g/mol. The standard InChI is InChI=1S/C21H19N3O3S/c25-19(13-6-7-13)16-11-28-21(23-16)24-20(26)14-9-15(10-14)27-17-5-1-3-12-4-2-8-22-18(12)17/h1-5,8,11,13-15H,6-7,9-10H2,(H,23,24,26)/t14-,15-. The minimum absolute atomic E-state index is 0.00616. The second-order valence-corrected chi connectivity index (χ2v) is 8.26. The number of hydrogen-bond acceptors (Lipinski definition) is 6. The minimum atomic E-state index is -0.0978. The first kappa shape index (κ1) is 17.3. The van der Waals surface area contributed by atoms with Crippen molar-refractivity contribution in [1.29, 1.82) is 0 Å². The van der Waals surface area contributed by atoms with Gasteiger partial charge in [-0.15, -0.1) is 11.3 Å². The van der Waals surface area contributed by atoms with Crippen molar-refractivity contribution < 1.29 is 14.3 Å². The number of rotatable bonds is 6. The summed E-state index contributed by atoms with van der Waals surface area (Å²) in [5, 5.41) is 6.11. The molecule has 0 spiro atoms. The summed E-state index contributed by atoms with van der Waals surface area (Å²) in [6, 6.07) is 9.77. The van der Waals surface area contributed by atoms with Crippen LogP contribution in [0.3, 0.4) is 0 Å². The number of thiazole rings is 1. The van der Waals surface area contributed by atoms with Gasteiger partial charge in [0.1, 0.15) is 23.1 Å². The zero-order valence-corrected chi connectivity index (χ0v) is 15.9. The van der Waals surface area contributed by atoms with Crippen LogP contribution in [0.15, 0.2) is 41.9 Å². The van der Waals surface area contributed by atoms with Crippen LogP contribution in [-0.2, 0) is 4.79 Å². The maximum Gasteiger partial charge on any atom is 0.229 e. The van der Waals surface area contributed by atoms with Crippen LogP contribution >= 0.6 is 11.3 Å². The van der Waals surface area contributed by atoms with Crippen LogP contribution in [0.5, 0.6) is 5.75 Å². The highest BCUT2D eigenvalue weighted by Crippen LogP contribution is 2.35. The number of nitrogens with zero attached hydrogens (tertiary/aromatic N) is 2. The number of pyridine rings is 1. The normalized spacial score (nSPS) is 21.1. The molecule has 3 aromatic rings. The SMILES string of the molecule is O=C(c1csc(NC(=O)[C@H]2C[C@H](Oc3cccc4cccnc34)C2)n1)C1CC1. The number of hydrogen-bond donors (Lipinski definition) is 1. The topological polar surface area (TPSA) is 81.2 Å². The molecule has 0 unspecified atom stereocenters. The minimum Gasteiger partial charge on any atom is -0.488 e. The maximum absolute atomic E-state index is 12.4. The lowest BCUT2D eigenvalue weighted by Gasteiger charge is -2.34. The number of carbonyl (C=O) groups is 2. The highest BCUT2D eigenvalue weighted by atomic mass is 32.1. The van der Waals surface area contributed by atoms with Gasteiger partial charge in [-0.3, -0.25) is 14.6 Å². The molecule has 1 amide bonds. The number of ketones is 1. The van der Waals surface area contributed by atoms with E-state index in [2.05, 4.69) is 15.3 Å². The lowest BCUT2D eigenvalue weighted by atomic mass is 9.81. The third-order valence-corrected chi connectivity index (χ3v) is 6.05. The molecule has 1 aromatic carbocycles. The number of ether oxygens (including phenoxy) is 1. The Morgan fingerprint density at radius 2 is 1.93 bits per heavy atom. The summed E-state index contributed by atoms with van der Waals surface area (Å²) in [6.45, 7) is 0. The summed E-state index contributed by atoms with van der Waals surface area (Å²) < 4.78 is 6.06. The van der Waals surface area contributed by atoms with Crippen LogP contribution < -0.4 is 10.1 Å². The van der Waals surface area contributed by atoms with Crippen molar-refractivity contribution in [2.24, 2.45) is 11.8 Å². The molecule has 1 N–H and O–H groups in total. The van der Waals surface area contributed by atoms with Gasteiger partial charge in [-0.25, -0.2) is 4.98 Å². The van der Waals surface area contributed by atoms with Gasteiger partial charge in [0.2, 0.25) is 5.91 Å². The van der Waals surface area contributed by atoms with Gasteiger partial charge < -0.3 is 10.1 Å². The summed E-state index contributed by atoms with van der Waals surface area (Å²) in [4.78, 5) is 33.1. The molecule has 0 bridgehead atoms. The summed E-state index contributed by atoms with van der Waals surface area (Å²) in [5.41, 5.74) is 1.31. The Labute approximate surface area is 166 Å². The Morgan fingerprint density at radius 1 is 1.11 bits per heavy atom. The van der Waals surface area contributed by atoms with E-state index in [1.165, 1.54) is 11.3 Å². The molecule has 2 aromatic heterocycles. The van der Waals surface area contributed by atoms with E-state index < -0.39 is 0 Å². The smallest absolute Gasteiger partial charge is 0.229 e. The van der Waals surface area contributed by atoms with E-state index in [1.807, 2.05) is 30.3 Å². The van der Waals surface area contributed by atoms with Crippen molar-refractivity contribution in [3.8, 4) is 5.75 Å². The molecule has 0 radical (unpaired) electrons. The lowest BCUT2D eigenvalue weighted by molar-refractivity contribution is -0.125. The monoisotopic (exact) mass is 393 g/mol. The van der Waals surface area contributed by atoms with Crippen molar-refractivity contribution in [1.82, 2.24) is 9.97 Å². The molecule has 0 atom stereocenters. The van der Waals surface area contributed by atoms with E-state index in [1.54, 1.807) is 11.6 Å². The predicted molar refractivity (Wildman–Crippen MR) is 107 cm³/mol. The summed E-state index contributed by atoms with van der Waals surface area (Å²) in [7, 11) is 0. The van der Waals surface area contributed by atoms with E-state index in [4.69, 9.17) is 4.74 Å². The van der Waals surface area contributed by atoms with Crippen LogP contribution in [0.2, 0.25) is 0 Å². The fraction of sp³-hybridized carbons (Fsp3) is 0.333. The Morgan fingerprint density at radius 3 is 2.75 bits per heavy atom. The quantitative estimate of drug-likeness (QED) is 0.638. The number of nitrogens with one attached hydrogen (secondary N) is 1. The second kappa shape index (κ2) is 6.98. The number of para-hydroxylation sites is 1. The molecule has 5 rings (SSSR count). The highest BCUT2D eigenvalue weighted by molar-refractivity contribution is 7.14. The first-order valence-corrected chi connectivity index (χ1v) is 10.4. The molecule has 28 heavy (non-hydrogen) atoms. The van der Waals surface area contributed by atoms with E-state index in [-0.39, 0.29) is 29.6 Å². The molecule has 6 nitrogen and oxygen atoms in total. The van der Waals surface area contributed by atoms with Gasteiger partial charge in [0, 0.05) is 28.8 Å². The molecule has 2 heterocycles. The maximum atomic E-state index is 12.4. The molecule has 2 saturated carbocycles. The summed E-state index contributed by atoms with van der Waals surface area (Å²) in [5.74, 6) is 0.830. The van der Waals surface area contributed by atoms with Crippen molar-refractivity contribution in [2.45, 2.75) is 31.8 Å². The zero-order valence-electron chi connectivity index (χ0n) is 15.1. The molecule has 0 aliphatic heterocycles. The Bertz CT molecular complexity index is 1050. The molecular formula is C21H19N3O3S.